The third-order valence-corrected chi connectivity index (χ3v) is 7.74. The van der Waals surface area contributed by atoms with Gasteiger partial charge in [0.1, 0.15) is 0 Å². The molecule has 4 nitrogen and oxygen atoms in total. The van der Waals surface area contributed by atoms with Crippen molar-refractivity contribution in [1.82, 2.24) is 0 Å². The highest BCUT2D eigenvalue weighted by Crippen LogP contribution is 2.47. The Kier molecular flexibility index (Phi) is 7.48. The van der Waals surface area contributed by atoms with Gasteiger partial charge in [-0.1, -0.05) is 85.5 Å². The van der Waals surface area contributed by atoms with E-state index >= 15 is 0 Å². The number of anilines is 2. The number of para-hydroxylation sites is 2. The van der Waals surface area contributed by atoms with Crippen molar-refractivity contribution < 1.29 is 9.59 Å². The number of halogens is 1. The smallest absolute Gasteiger partial charge is 0.227 e. The third kappa shape index (κ3) is 5.21. The van der Waals surface area contributed by atoms with Crippen LogP contribution in [0.25, 0.3) is 0 Å². The van der Waals surface area contributed by atoms with Crippen LogP contribution in [0.2, 0.25) is 5.02 Å². The lowest BCUT2D eigenvalue weighted by Crippen LogP contribution is -2.38. The van der Waals surface area contributed by atoms with Gasteiger partial charge in [0.2, 0.25) is 5.91 Å². The molecule has 5 heteroatoms. The molecule has 3 aromatic rings. The second-order valence-electron chi connectivity index (χ2n) is 10.1. The normalized spacial score (nSPS) is 19.1. The summed E-state index contributed by atoms with van der Waals surface area (Å²) in [5.41, 5.74) is 6.48. The molecule has 1 aliphatic carbocycles. The summed E-state index contributed by atoms with van der Waals surface area (Å²) in [6, 6.07) is 23.5. The fraction of sp³-hybridized carbons (Fsp3) is 0.312. The van der Waals surface area contributed by atoms with E-state index in [1.165, 1.54) is 0 Å². The highest BCUT2D eigenvalue weighted by Gasteiger charge is 2.41. The zero-order valence-corrected chi connectivity index (χ0v) is 22.2. The first-order valence-corrected chi connectivity index (χ1v) is 13.6. The van der Waals surface area contributed by atoms with E-state index in [2.05, 4.69) is 43.4 Å². The minimum atomic E-state index is -0.473. The molecule has 3 aromatic carbocycles. The SMILES string of the molecule is CCCCCC(=O)N1c2ccccc2NC2=C(C(=O)C[C@@H](c3ccc(Cl)cc3)C2)[C@H]1c1ccc(C)cc1. The van der Waals surface area contributed by atoms with Crippen molar-refractivity contribution in [3.63, 3.8) is 0 Å². The van der Waals surface area contributed by atoms with E-state index in [1.54, 1.807) is 0 Å². The van der Waals surface area contributed by atoms with Gasteiger partial charge in [-0.25, -0.2) is 0 Å². The summed E-state index contributed by atoms with van der Waals surface area (Å²) in [7, 11) is 0. The van der Waals surface area contributed by atoms with Gasteiger partial charge in [0.25, 0.3) is 0 Å². The quantitative estimate of drug-likeness (QED) is 0.339. The molecule has 0 bridgehead atoms. The van der Waals surface area contributed by atoms with E-state index in [1.807, 2.05) is 53.4 Å². The van der Waals surface area contributed by atoms with Gasteiger partial charge in [-0.2, -0.15) is 0 Å². The molecular formula is C32H33ClN2O2. The zero-order valence-electron chi connectivity index (χ0n) is 21.5. The summed E-state index contributed by atoms with van der Waals surface area (Å²) in [6.45, 7) is 4.19. The Morgan fingerprint density at radius 2 is 1.65 bits per heavy atom. The number of unbranched alkanes of at least 4 members (excludes halogenated alkanes) is 2. The van der Waals surface area contributed by atoms with Crippen LogP contribution >= 0.6 is 11.6 Å². The Balaban J connectivity index is 1.65. The van der Waals surface area contributed by atoms with Crippen LogP contribution in [-0.4, -0.2) is 11.7 Å². The molecule has 1 heterocycles. The fourth-order valence-electron chi connectivity index (χ4n) is 5.55. The maximum atomic E-state index is 14.0. The van der Waals surface area contributed by atoms with Crippen molar-refractivity contribution in [2.24, 2.45) is 0 Å². The number of allylic oxidation sites excluding steroid dienone is 1. The Morgan fingerprint density at radius 3 is 2.38 bits per heavy atom. The van der Waals surface area contributed by atoms with Crippen LogP contribution in [0.4, 0.5) is 11.4 Å². The Morgan fingerprint density at radius 1 is 0.946 bits per heavy atom. The number of hydrogen-bond acceptors (Lipinski definition) is 3. The topological polar surface area (TPSA) is 49.4 Å². The summed E-state index contributed by atoms with van der Waals surface area (Å²) in [6.07, 6.45) is 4.43. The summed E-state index contributed by atoms with van der Waals surface area (Å²) < 4.78 is 0. The number of aryl methyl sites for hydroxylation is 1. The van der Waals surface area contributed by atoms with E-state index in [-0.39, 0.29) is 17.6 Å². The highest BCUT2D eigenvalue weighted by atomic mass is 35.5. The summed E-state index contributed by atoms with van der Waals surface area (Å²) >= 11 is 6.13. The van der Waals surface area contributed by atoms with Crippen molar-refractivity contribution in [3.8, 4) is 0 Å². The second kappa shape index (κ2) is 10.9. The van der Waals surface area contributed by atoms with Gasteiger partial charge in [-0.05, 0) is 61.1 Å². The summed E-state index contributed by atoms with van der Waals surface area (Å²) in [4.78, 5) is 29.8. The minimum Gasteiger partial charge on any atom is -0.357 e. The van der Waals surface area contributed by atoms with Crippen molar-refractivity contribution >= 4 is 34.7 Å². The number of amides is 1. The monoisotopic (exact) mass is 512 g/mol. The molecule has 0 saturated carbocycles. The van der Waals surface area contributed by atoms with Crippen LogP contribution in [0.1, 0.15) is 74.1 Å². The first-order valence-electron chi connectivity index (χ1n) is 13.2. The lowest BCUT2D eigenvalue weighted by molar-refractivity contribution is -0.119. The van der Waals surface area contributed by atoms with Crippen LogP contribution < -0.4 is 10.2 Å². The number of benzene rings is 3. The molecule has 1 amide bonds. The number of hydrogen-bond donors (Lipinski definition) is 1. The van der Waals surface area contributed by atoms with Crippen molar-refractivity contribution in [3.05, 3.63) is 106 Å². The lowest BCUT2D eigenvalue weighted by atomic mass is 9.78. The van der Waals surface area contributed by atoms with Gasteiger partial charge in [0.15, 0.2) is 5.78 Å². The number of carbonyl (C=O) groups is 2. The van der Waals surface area contributed by atoms with Gasteiger partial charge in [-0.15, -0.1) is 0 Å². The number of fused-ring (bicyclic) bond motifs is 1. The molecule has 0 unspecified atom stereocenters. The lowest BCUT2D eigenvalue weighted by Gasteiger charge is -2.35. The summed E-state index contributed by atoms with van der Waals surface area (Å²) in [5, 5.41) is 4.29. The fourth-order valence-corrected chi connectivity index (χ4v) is 5.67. The molecule has 190 valence electrons. The van der Waals surface area contributed by atoms with Gasteiger partial charge < -0.3 is 5.32 Å². The number of nitrogens with zero attached hydrogens (tertiary/aromatic N) is 1. The Bertz CT molecular complexity index is 1330. The molecular weight excluding hydrogens is 480 g/mol. The van der Waals surface area contributed by atoms with E-state index < -0.39 is 6.04 Å². The van der Waals surface area contributed by atoms with Gasteiger partial charge >= 0.3 is 0 Å². The molecule has 37 heavy (non-hydrogen) atoms. The van der Waals surface area contributed by atoms with Crippen LogP contribution in [0.5, 0.6) is 0 Å². The predicted octanol–water partition coefficient (Wildman–Crippen LogP) is 8.13. The van der Waals surface area contributed by atoms with Gasteiger partial charge in [-0.3, -0.25) is 14.5 Å². The first kappa shape index (κ1) is 25.3. The summed E-state index contributed by atoms with van der Waals surface area (Å²) in [5.74, 6) is 0.182. The number of nitrogens with one attached hydrogen (secondary N) is 1. The molecule has 1 aliphatic heterocycles. The number of ketones is 1. The first-order chi connectivity index (χ1) is 18.0. The minimum absolute atomic E-state index is 0.0497. The highest BCUT2D eigenvalue weighted by molar-refractivity contribution is 6.30. The zero-order chi connectivity index (χ0) is 25.9. The van der Waals surface area contributed by atoms with E-state index in [9.17, 15) is 9.59 Å². The van der Waals surface area contributed by atoms with Crippen LogP contribution in [-0.2, 0) is 9.59 Å². The molecule has 5 rings (SSSR count). The van der Waals surface area contributed by atoms with Crippen LogP contribution in [0, 0.1) is 6.92 Å². The largest absolute Gasteiger partial charge is 0.357 e. The van der Waals surface area contributed by atoms with Crippen molar-refractivity contribution in [1.29, 1.82) is 0 Å². The van der Waals surface area contributed by atoms with E-state index in [0.717, 1.165) is 53.0 Å². The maximum Gasteiger partial charge on any atom is 0.227 e. The molecule has 2 aliphatic rings. The molecule has 0 saturated heterocycles. The number of carbonyl (C=O) groups excluding carboxylic acids is 2. The number of rotatable bonds is 6. The van der Waals surface area contributed by atoms with Crippen LogP contribution in [0.3, 0.4) is 0 Å². The maximum absolute atomic E-state index is 14.0. The van der Waals surface area contributed by atoms with E-state index in [0.29, 0.717) is 29.9 Å². The van der Waals surface area contributed by atoms with Gasteiger partial charge in [0, 0.05) is 29.1 Å². The number of Topliss-reactive ketones (excluding diaryl/α,β-unsaturated/α-hetero) is 1. The second-order valence-corrected chi connectivity index (χ2v) is 10.6. The Hall–Kier alpha value is -3.37. The predicted molar refractivity (Wildman–Crippen MR) is 151 cm³/mol. The van der Waals surface area contributed by atoms with Crippen LogP contribution in [0.15, 0.2) is 84.1 Å². The van der Waals surface area contributed by atoms with Crippen molar-refractivity contribution in [2.45, 2.75) is 64.3 Å². The average molecular weight is 513 g/mol. The van der Waals surface area contributed by atoms with E-state index in [4.69, 9.17) is 11.6 Å². The molecule has 0 radical (unpaired) electrons. The standard InChI is InChI=1S/C32H33ClN2O2/c1-3-4-5-10-30(37)35-28-9-7-6-8-26(28)34-27-19-24(22-15-17-25(33)18-16-22)20-29(36)31(27)32(35)23-13-11-21(2)12-14-23/h6-9,11-18,24,32,34H,3-5,10,19-20H2,1-2H3/t24-,32+/m0/s1. The van der Waals surface area contributed by atoms with Crippen molar-refractivity contribution in [2.75, 3.05) is 10.2 Å². The average Bonchev–Trinajstić information content (AvgIpc) is 3.04. The molecule has 0 fully saturated rings. The molecule has 0 spiro atoms. The van der Waals surface area contributed by atoms with Gasteiger partial charge in [0.05, 0.1) is 17.4 Å². The molecule has 1 N–H and O–H groups in total. The third-order valence-electron chi connectivity index (χ3n) is 7.49. The Labute approximate surface area is 224 Å². The molecule has 2 atom stereocenters. The molecule has 0 aromatic heterocycles.